The van der Waals surface area contributed by atoms with Gasteiger partial charge in [-0.05, 0) is 32.8 Å². The molecule has 2 heterocycles. The fourth-order valence-corrected chi connectivity index (χ4v) is 2.52. The molecule has 1 saturated heterocycles. The quantitative estimate of drug-likeness (QED) is 0.886. The van der Waals surface area contributed by atoms with E-state index in [9.17, 15) is 5.11 Å². The van der Waals surface area contributed by atoms with Gasteiger partial charge >= 0.3 is 0 Å². The lowest BCUT2D eigenvalue weighted by atomic mass is 10.1. The summed E-state index contributed by atoms with van der Waals surface area (Å²) in [5.74, 6) is 0. The lowest BCUT2D eigenvalue weighted by Gasteiger charge is -2.35. The maximum Gasteiger partial charge on any atom is 0.0750 e. The molecule has 2 rings (SSSR count). The van der Waals surface area contributed by atoms with Crippen LogP contribution in [0.15, 0.2) is 12.3 Å². The Morgan fingerprint density at radius 2 is 2.39 bits per heavy atom. The second kappa shape index (κ2) is 6.16. The molecule has 0 radical (unpaired) electrons. The van der Waals surface area contributed by atoms with E-state index >= 15 is 0 Å². The third-order valence-corrected chi connectivity index (χ3v) is 3.39. The monoisotopic (exact) mass is 250 g/mol. The Hall–Kier alpha value is -1.13. The van der Waals surface area contributed by atoms with Gasteiger partial charge in [0.25, 0.3) is 0 Å². The Morgan fingerprint density at radius 3 is 3.11 bits per heavy atom. The minimum atomic E-state index is 0.0401. The van der Waals surface area contributed by atoms with Crippen molar-refractivity contribution in [1.82, 2.24) is 4.98 Å². The van der Waals surface area contributed by atoms with Gasteiger partial charge in [0, 0.05) is 42.8 Å². The molecule has 0 spiro atoms. The van der Waals surface area contributed by atoms with E-state index in [4.69, 9.17) is 4.74 Å². The lowest BCUT2D eigenvalue weighted by Crippen LogP contribution is -2.40. The van der Waals surface area contributed by atoms with Crippen molar-refractivity contribution in [2.45, 2.75) is 39.4 Å². The fraction of sp³-hybridized carbons (Fsp3) is 0.643. The van der Waals surface area contributed by atoms with E-state index in [-0.39, 0.29) is 6.61 Å². The first kappa shape index (κ1) is 13.3. The Balaban J connectivity index is 2.17. The van der Waals surface area contributed by atoms with Gasteiger partial charge in [0.15, 0.2) is 0 Å². The average Bonchev–Trinajstić information content (AvgIpc) is 2.39. The highest BCUT2D eigenvalue weighted by Gasteiger charge is 2.22. The molecule has 0 aromatic carbocycles. The number of hydrogen-bond acceptors (Lipinski definition) is 4. The third kappa shape index (κ3) is 3.00. The molecular weight excluding hydrogens is 228 g/mol. The summed E-state index contributed by atoms with van der Waals surface area (Å²) < 4.78 is 5.72. The Labute approximate surface area is 109 Å². The topological polar surface area (TPSA) is 45.6 Å². The van der Waals surface area contributed by atoms with Crippen LogP contribution in [0.25, 0.3) is 0 Å². The molecular formula is C14H22N2O2. The number of rotatable bonds is 4. The summed E-state index contributed by atoms with van der Waals surface area (Å²) in [5.41, 5.74) is 2.99. The Bertz CT molecular complexity index is 393. The van der Waals surface area contributed by atoms with E-state index < -0.39 is 0 Å². The molecule has 0 saturated carbocycles. The third-order valence-electron chi connectivity index (χ3n) is 3.39. The highest BCUT2D eigenvalue weighted by molar-refractivity contribution is 5.53. The number of aromatic nitrogens is 1. The molecule has 1 aliphatic heterocycles. The van der Waals surface area contributed by atoms with Crippen LogP contribution in [0, 0.1) is 6.92 Å². The Morgan fingerprint density at radius 1 is 1.56 bits per heavy atom. The summed E-state index contributed by atoms with van der Waals surface area (Å²) in [7, 11) is 0. The number of aliphatic hydroxyl groups is 1. The van der Waals surface area contributed by atoms with Crippen LogP contribution < -0.4 is 4.90 Å². The summed E-state index contributed by atoms with van der Waals surface area (Å²) in [6.07, 6.45) is 4.35. The molecule has 18 heavy (non-hydrogen) atoms. The van der Waals surface area contributed by atoms with Crippen LogP contribution >= 0.6 is 0 Å². The first-order chi connectivity index (χ1) is 8.74. The molecule has 1 atom stereocenters. The van der Waals surface area contributed by atoms with Crippen molar-refractivity contribution in [3.8, 4) is 0 Å². The lowest BCUT2D eigenvalue weighted by molar-refractivity contribution is 0.0526. The van der Waals surface area contributed by atoms with Crippen molar-refractivity contribution < 1.29 is 9.84 Å². The number of aryl methyl sites for hydroxylation is 1. The number of nitrogens with zero attached hydrogens (tertiary/aromatic N) is 2. The zero-order valence-electron chi connectivity index (χ0n) is 11.2. The van der Waals surface area contributed by atoms with E-state index in [1.54, 1.807) is 6.20 Å². The SMILES string of the molecule is CCOC1CCCN(c2cc(C)ncc2CO)C1. The summed E-state index contributed by atoms with van der Waals surface area (Å²) in [4.78, 5) is 6.55. The van der Waals surface area contributed by atoms with Gasteiger partial charge in [-0.3, -0.25) is 4.98 Å². The van der Waals surface area contributed by atoms with E-state index in [2.05, 4.69) is 16.0 Å². The maximum atomic E-state index is 9.41. The molecule has 1 unspecified atom stereocenters. The van der Waals surface area contributed by atoms with Crippen molar-refractivity contribution in [3.63, 3.8) is 0 Å². The van der Waals surface area contributed by atoms with Crippen LogP contribution in [0.4, 0.5) is 5.69 Å². The van der Waals surface area contributed by atoms with Crippen molar-refractivity contribution in [2.24, 2.45) is 0 Å². The normalized spacial score (nSPS) is 20.2. The van der Waals surface area contributed by atoms with Crippen LogP contribution in [0.3, 0.4) is 0 Å². The number of pyridine rings is 1. The van der Waals surface area contributed by atoms with E-state index in [1.807, 2.05) is 13.8 Å². The van der Waals surface area contributed by atoms with Crippen LogP contribution in [0.2, 0.25) is 0 Å². The molecule has 100 valence electrons. The smallest absolute Gasteiger partial charge is 0.0750 e. The molecule has 4 nitrogen and oxygen atoms in total. The molecule has 1 aromatic rings. The second-order valence-corrected chi connectivity index (χ2v) is 4.78. The van der Waals surface area contributed by atoms with Crippen LogP contribution in [0.1, 0.15) is 31.0 Å². The van der Waals surface area contributed by atoms with E-state index in [0.29, 0.717) is 6.10 Å². The van der Waals surface area contributed by atoms with Crippen molar-refractivity contribution in [2.75, 3.05) is 24.6 Å². The average molecular weight is 250 g/mol. The first-order valence-electron chi connectivity index (χ1n) is 6.67. The zero-order chi connectivity index (χ0) is 13.0. The largest absolute Gasteiger partial charge is 0.392 e. The van der Waals surface area contributed by atoms with Gasteiger partial charge in [0.1, 0.15) is 0 Å². The summed E-state index contributed by atoms with van der Waals surface area (Å²) >= 11 is 0. The molecule has 1 aromatic heterocycles. The Kier molecular flexibility index (Phi) is 4.55. The van der Waals surface area contributed by atoms with Gasteiger partial charge in [-0.2, -0.15) is 0 Å². The van der Waals surface area contributed by atoms with Crippen molar-refractivity contribution >= 4 is 5.69 Å². The van der Waals surface area contributed by atoms with E-state index in [1.165, 1.54) is 0 Å². The summed E-state index contributed by atoms with van der Waals surface area (Å²) in [5, 5.41) is 9.41. The molecule has 1 fully saturated rings. The van der Waals surface area contributed by atoms with E-state index in [0.717, 1.165) is 49.5 Å². The summed E-state index contributed by atoms with van der Waals surface area (Å²) in [6, 6.07) is 2.06. The minimum absolute atomic E-state index is 0.0401. The number of ether oxygens (including phenoxy) is 1. The predicted molar refractivity (Wildman–Crippen MR) is 71.8 cm³/mol. The van der Waals surface area contributed by atoms with Crippen molar-refractivity contribution in [1.29, 1.82) is 0 Å². The number of hydrogen-bond donors (Lipinski definition) is 1. The van der Waals surface area contributed by atoms with Gasteiger partial charge < -0.3 is 14.7 Å². The fourth-order valence-electron chi connectivity index (χ4n) is 2.52. The minimum Gasteiger partial charge on any atom is -0.392 e. The molecule has 1 aliphatic rings. The highest BCUT2D eigenvalue weighted by Crippen LogP contribution is 2.25. The van der Waals surface area contributed by atoms with Gasteiger partial charge in [0.2, 0.25) is 0 Å². The molecule has 0 aliphatic carbocycles. The van der Waals surface area contributed by atoms with Gasteiger partial charge in [-0.25, -0.2) is 0 Å². The standard InChI is InChI=1S/C14H22N2O2/c1-3-18-13-5-4-6-16(9-13)14-7-11(2)15-8-12(14)10-17/h7-8,13,17H,3-6,9-10H2,1-2H3. The van der Waals surface area contributed by atoms with Crippen LogP contribution in [-0.4, -0.2) is 35.9 Å². The number of aliphatic hydroxyl groups excluding tert-OH is 1. The van der Waals surface area contributed by atoms with Gasteiger partial charge in [0.05, 0.1) is 12.7 Å². The molecule has 0 bridgehead atoms. The first-order valence-corrected chi connectivity index (χ1v) is 6.67. The summed E-state index contributed by atoms with van der Waals surface area (Å²) in [6.45, 7) is 6.76. The molecule has 0 amide bonds. The second-order valence-electron chi connectivity index (χ2n) is 4.78. The highest BCUT2D eigenvalue weighted by atomic mass is 16.5. The molecule has 1 N–H and O–H groups in total. The van der Waals surface area contributed by atoms with Crippen LogP contribution in [-0.2, 0) is 11.3 Å². The van der Waals surface area contributed by atoms with Gasteiger partial charge in [-0.1, -0.05) is 0 Å². The van der Waals surface area contributed by atoms with Gasteiger partial charge in [-0.15, -0.1) is 0 Å². The van der Waals surface area contributed by atoms with Crippen molar-refractivity contribution in [3.05, 3.63) is 23.5 Å². The predicted octanol–water partition coefficient (Wildman–Crippen LogP) is 1.89. The van der Waals surface area contributed by atoms with Crippen LogP contribution in [0.5, 0.6) is 0 Å². The molecule has 4 heteroatoms. The maximum absolute atomic E-state index is 9.41. The zero-order valence-corrected chi connectivity index (χ0v) is 11.2. The number of anilines is 1. The number of piperidine rings is 1.